The number of aromatic nitrogens is 1. The summed E-state index contributed by atoms with van der Waals surface area (Å²) < 4.78 is 1.12. The van der Waals surface area contributed by atoms with Gasteiger partial charge in [0.2, 0.25) is 0 Å². The van der Waals surface area contributed by atoms with E-state index in [1.54, 1.807) is 23.7 Å². The average Bonchev–Trinajstić information content (AvgIpc) is 2.66. The third-order valence-corrected chi connectivity index (χ3v) is 4.32. The van der Waals surface area contributed by atoms with Crippen molar-refractivity contribution in [2.24, 2.45) is 0 Å². The van der Waals surface area contributed by atoms with Gasteiger partial charge in [-0.15, -0.1) is 22.9 Å². The monoisotopic (exact) mass is 301 g/mol. The molecule has 78 valence electrons. The van der Waals surface area contributed by atoms with Crippen LogP contribution in [0.5, 0.6) is 0 Å². The molecule has 0 saturated carbocycles. The van der Waals surface area contributed by atoms with Gasteiger partial charge in [0.1, 0.15) is 0 Å². The minimum absolute atomic E-state index is 0.0451. The molecule has 0 fully saturated rings. The predicted molar refractivity (Wildman–Crippen MR) is 68.6 cm³/mol. The Bertz CT molecular complexity index is 429. The molecular weight excluding hydrogens is 294 g/mol. The lowest BCUT2D eigenvalue weighted by Gasteiger charge is -2.06. The summed E-state index contributed by atoms with van der Waals surface area (Å²) in [6.07, 6.45) is 4.43. The molecule has 0 radical (unpaired) electrons. The van der Waals surface area contributed by atoms with Crippen molar-refractivity contribution in [2.75, 3.05) is 0 Å². The second kappa shape index (κ2) is 5.10. The van der Waals surface area contributed by atoms with E-state index in [1.807, 2.05) is 18.2 Å². The smallest absolute Gasteiger partial charge is 0.0719 e. The molecule has 2 aromatic rings. The zero-order chi connectivity index (χ0) is 10.7. The van der Waals surface area contributed by atoms with Gasteiger partial charge in [0, 0.05) is 17.3 Å². The Labute approximate surface area is 106 Å². The standard InChI is InChI=1S/C11H9BrClNS/c12-11-2-1-10(15-11)9(13)7-8-3-5-14-6-4-8/h1-6,9H,7H2. The van der Waals surface area contributed by atoms with Crippen molar-refractivity contribution in [3.8, 4) is 0 Å². The number of halogens is 2. The van der Waals surface area contributed by atoms with Gasteiger partial charge < -0.3 is 0 Å². The maximum Gasteiger partial charge on any atom is 0.0719 e. The van der Waals surface area contributed by atoms with Gasteiger partial charge in [0.05, 0.1) is 9.16 Å². The van der Waals surface area contributed by atoms with Gasteiger partial charge in [0.15, 0.2) is 0 Å². The maximum atomic E-state index is 6.32. The lowest BCUT2D eigenvalue weighted by Crippen LogP contribution is -1.93. The molecule has 1 unspecified atom stereocenters. The largest absolute Gasteiger partial charge is 0.265 e. The third-order valence-electron chi connectivity index (χ3n) is 2.07. The Morgan fingerprint density at radius 2 is 2.00 bits per heavy atom. The zero-order valence-corrected chi connectivity index (χ0v) is 11.0. The summed E-state index contributed by atoms with van der Waals surface area (Å²) in [5.41, 5.74) is 1.22. The molecule has 0 N–H and O–H groups in total. The van der Waals surface area contributed by atoms with Crippen LogP contribution in [0.2, 0.25) is 0 Å². The fraction of sp³-hybridized carbons (Fsp3) is 0.182. The van der Waals surface area contributed by atoms with Crippen LogP contribution in [0, 0.1) is 0 Å². The molecule has 2 aromatic heterocycles. The van der Waals surface area contributed by atoms with E-state index in [1.165, 1.54) is 10.4 Å². The predicted octanol–water partition coefficient (Wildman–Crippen LogP) is 4.43. The Kier molecular flexibility index (Phi) is 3.78. The summed E-state index contributed by atoms with van der Waals surface area (Å²) in [7, 11) is 0. The molecule has 15 heavy (non-hydrogen) atoms. The Hall–Kier alpha value is -0.380. The normalized spacial score (nSPS) is 12.7. The van der Waals surface area contributed by atoms with Crippen molar-refractivity contribution in [2.45, 2.75) is 11.8 Å². The van der Waals surface area contributed by atoms with Gasteiger partial charge in [-0.3, -0.25) is 4.98 Å². The summed E-state index contributed by atoms with van der Waals surface area (Å²) in [5, 5.41) is 0.0451. The minimum Gasteiger partial charge on any atom is -0.265 e. The van der Waals surface area contributed by atoms with E-state index in [9.17, 15) is 0 Å². The SMILES string of the molecule is ClC(Cc1ccncc1)c1ccc(Br)s1. The lowest BCUT2D eigenvalue weighted by molar-refractivity contribution is 0.936. The van der Waals surface area contributed by atoms with E-state index in [0.29, 0.717) is 0 Å². The van der Waals surface area contributed by atoms with Crippen molar-refractivity contribution >= 4 is 38.9 Å². The Balaban J connectivity index is 2.07. The highest BCUT2D eigenvalue weighted by Gasteiger charge is 2.10. The summed E-state index contributed by atoms with van der Waals surface area (Å²) in [5.74, 6) is 0. The highest BCUT2D eigenvalue weighted by atomic mass is 79.9. The minimum atomic E-state index is 0.0451. The number of thiophene rings is 1. The van der Waals surface area contributed by atoms with E-state index >= 15 is 0 Å². The van der Waals surface area contributed by atoms with Gasteiger partial charge in [-0.25, -0.2) is 0 Å². The molecule has 0 aliphatic carbocycles. The van der Waals surface area contributed by atoms with Gasteiger partial charge in [-0.05, 0) is 52.2 Å². The van der Waals surface area contributed by atoms with E-state index < -0.39 is 0 Å². The topological polar surface area (TPSA) is 12.9 Å². The van der Waals surface area contributed by atoms with E-state index in [-0.39, 0.29) is 5.38 Å². The van der Waals surface area contributed by atoms with Crippen molar-refractivity contribution < 1.29 is 0 Å². The molecule has 1 atom stereocenters. The molecule has 0 amide bonds. The van der Waals surface area contributed by atoms with Crippen LogP contribution in [0.25, 0.3) is 0 Å². The lowest BCUT2D eigenvalue weighted by atomic mass is 10.1. The highest BCUT2D eigenvalue weighted by molar-refractivity contribution is 9.11. The molecule has 0 spiro atoms. The van der Waals surface area contributed by atoms with Gasteiger partial charge in [-0.1, -0.05) is 0 Å². The van der Waals surface area contributed by atoms with E-state index in [4.69, 9.17) is 11.6 Å². The number of hydrogen-bond acceptors (Lipinski definition) is 2. The van der Waals surface area contributed by atoms with Crippen LogP contribution >= 0.6 is 38.9 Å². The first-order chi connectivity index (χ1) is 7.25. The summed E-state index contributed by atoms with van der Waals surface area (Å²) in [6, 6.07) is 8.09. The van der Waals surface area contributed by atoms with Crippen LogP contribution in [0.15, 0.2) is 40.4 Å². The van der Waals surface area contributed by atoms with Crippen LogP contribution in [0.1, 0.15) is 15.8 Å². The molecule has 0 aromatic carbocycles. The fourth-order valence-electron chi connectivity index (χ4n) is 1.32. The number of alkyl halides is 1. The molecule has 4 heteroatoms. The number of rotatable bonds is 3. The van der Waals surface area contributed by atoms with Crippen LogP contribution in [-0.2, 0) is 6.42 Å². The maximum absolute atomic E-state index is 6.32. The molecule has 0 aliphatic rings. The first kappa shape index (κ1) is 11.1. The third kappa shape index (κ3) is 3.03. The number of nitrogens with zero attached hydrogens (tertiary/aromatic N) is 1. The molecule has 2 rings (SSSR count). The summed E-state index contributed by atoms with van der Waals surface area (Å²) in [6.45, 7) is 0. The first-order valence-electron chi connectivity index (χ1n) is 4.54. The van der Waals surface area contributed by atoms with E-state index in [0.717, 1.165) is 10.2 Å². The van der Waals surface area contributed by atoms with E-state index in [2.05, 4.69) is 27.0 Å². The molecule has 2 heterocycles. The fourth-order valence-corrected chi connectivity index (χ4v) is 3.11. The van der Waals surface area contributed by atoms with Gasteiger partial charge >= 0.3 is 0 Å². The second-order valence-electron chi connectivity index (χ2n) is 3.17. The van der Waals surface area contributed by atoms with Gasteiger partial charge in [-0.2, -0.15) is 0 Å². The van der Waals surface area contributed by atoms with Crippen LogP contribution in [-0.4, -0.2) is 4.98 Å². The average molecular weight is 303 g/mol. The summed E-state index contributed by atoms with van der Waals surface area (Å²) >= 11 is 11.4. The molecule has 1 nitrogen and oxygen atoms in total. The molecule has 0 saturated heterocycles. The van der Waals surface area contributed by atoms with Crippen LogP contribution < -0.4 is 0 Å². The number of pyridine rings is 1. The van der Waals surface area contributed by atoms with Gasteiger partial charge in [0.25, 0.3) is 0 Å². The van der Waals surface area contributed by atoms with Crippen molar-refractivity contribution in [3.63, 3.8) is 0 Å². The molecular formula is C11H9BrClNS. The molecule has 0 bridgehead atoms. The highest BCUT2D eigenvalue weighted by Crippen LogP contribution is 2.32. The van der Waals surface area contributed by atoms with Crippen molar-refractivity contribution in [1.82, 2.24) is 4.98 Å². The van der Waals surface area contributed by atoms with Crippen molar-refractivity contribution in [3.05, 3.63) is 50.9 Å². The van der Waals surface area contributed by atoms with Crippen LogP contribution in [0.3, 0.4) is 0 Å². The quantitative estimate of drug-likeness (QED) is 0.764. The van der Waals surface area contributed by atoms with Crippen molar-refractivity contribution in [1.29, 1.82) is 0 Å². The zero-order valence-electron chi connectivity index (χ0n) is 7.86. The summed E-state index contributed by atoms with van der Waals surface area (Å²) in [4.78, 5) is 5.18. The first-order valence-corrected chi connectivity index (χ1v) is 6.58. The van der Waals surface area contributed by atoms with Crippen LogP contribution in [0.4, 0.5) is 0 Å². The second-order valence-corrected chi connectivity index (χ2v) is 6.19. The number of hydrogen-bond donors (Lipinski definition) is 0. The Morgan fingerprint density at radius 1 is 1.27 bits per heavy atom. The molecule has 0 aliphatic heterocycles. The Morgan fingerprint density at radius 3 is 2.60 bits per heavy atom.